The van der Waals surface area contributed by atoms with Gasteiger partial charge in [-0.05, 0) is 68.6 Å². The number of amides is 3. The van der Waals surface area contributed by atoms with E-state index in [2.05, 4.69) is 16.0 Å². The highest BCUT2D eigenvalue weighted by Gasteiger charge is 2.39. The van der Waals surface area contributed by atoms with Crippen LogP contribution >= 0.6 is 0 Å². The maximum Gasteiger partial charge on any atom is 0.326 e. The Bertz CT molecular complexity index is 1040. The molecule has 0 saturated heterocycles. The van der Waals surface area contributed by atoms with E-state index in [0.29, 0.717) is 38.6 Å². The summed E-state index contributed by atoms with van der Waals surface area (Å²) in [6.45, 7) is 5.76. The standard InChI is InChI=1S/C30H47N3O10/c1-16(2)28(40)22(9-11-26(36)37)32-24(34)10-8-23(30(42)43)33-29(41)19-6-4-18(5-7-19)15-31-25(35)13-20-12-21(17(20)3)14-27(38)39/h16-23H,4-15H2,1-3H3,(H,31,35)(H,32,34)(H,33,41)(H,36,37)(H,38,39)(H,42,43)/t17?,18-,19-,20?,21?,22-,23-/m0/s1. The second kappa shape index (κ2) is 17.0. The highest BCUT2D eigenvalue weighted by Crippen LogP contribution is 2.44. The minimum absolute atomic E-state index is 0.0550. The van der Waals surface area contributed by atoms with E-state index in [9.17, 15) is 38.7 Å². The van der Waals surface area contributed by atoms with Crippen LogP contribution in [0.5, 0.6) is 0 Å². The average molecular weight is 610 g/mol. The fourth-order valence-electron chi connectivity index (χ4n) is 6.01. The molecule has 242 valence electrons. The molecule has 0 aromatic carbocycles. The van der Waals surface area contributed by atoms with Gasteiger partial charge in [0.15, 0.2) is 5.78 Å². The van der Waals surface area contributed by atoms with Gasteiger partial charge in [0.1, 0.15) is 6.04 Å². The van der Waals surface area contributed by atoms with Gasteiger partial charge in [0, 0.05) is 44.1 Å². The fourth-order valence-corrected chi connectivity index (χ4v) is 6.01. The Morgan fingerprint density at radius 3 is 1.88 bits per heavy atom. The summed E-state index contributed by atoms with van der Waals surface area (Å²) in [5.74, 6) is -4.65. The number of aliphatic carboxylic acids is 3. The third kappa shape index (κ3) is 11.9. The second-order valence-electron chi connectivity index (χ2n) is 12.5. The molecule has 0 bridgehead atoms. The average Bonchev–Trinajstić information content (AvgIpc) is 2.94. The quantitative estimate of drug-likeness (QED) is 0.133. The lowest BCUT2D eigenvalue weighted by Gasteiger charge is -2.42. The zero-order valence-corrected chi connectivity index (χ0v) is 25.3. The summed E-state index contributed by atoms with van der Waals surface area (Å²) in [4.78, 5) is 83.6. The van der Waals surface area contributed by atoms with Crippen LogP contribution in [-0.4, -0.2) is 75.4 Å². The number of rotatable bonds is 18. The first kappa shape index (κ1) is 35.7. The Hall–Kier alpha value is -3.51. The SMILES string of the molecule is CC(C)C(=O)[C@H](CCC(=O)O)NC(=O)CC[C@H](NC(=O)[C@H]1CC[C@H](CNC(=O)CC2CC(CC(=O)O)C2C)CC1)C(=O)O. The van der Waals surface area contributed by atoms with Gasteiger partial charge in [0.05, 0.1) is 6.04 Å². The molecule has 3 amide bonds. The Morgan fingerprint density at radius 1 is 0.744 bits per heavy atom. The molecular formula is C30H47N3O10. The summed E-state index contributed by atoms with van der Waals surface area (Å²) in [5.41, 5.74) is 0. The molecule has 2 aliphatic carbocycles. The van der Waals surface area contributed by atoms with Gasteiger partial charge >= 0.3 is 17.9 Å². The van der Waals surface area contributed by atoms with Crippen LogP contribution in [0.1, 0.15) is 91.4 Å². The number of carboxylic acids is 3. The van der Waals surface area contributed by atoms with Crippen LogP contribution in [0.4, 0.5) is 0 Å². The minimum atomic E-state index is -1.29. The van der Waals surface area contributed by atoms with E-state index in [4.69, 9.17) is 10.2 Å². The first-order valence-corrected chi connectivity index (χ1v) is 15.2. The van der Waals surface area contributed by atoms with E-state index in [1.54, 1.807) is 13.8 Å². The number of Topliss-reactive ketones (excluding diaryl/α,β-unsaturated/α-hetero) is 1. The van der Waals surface area contributed by atoms with Crippen molar-refractivity contribution in [3.63, 3.8) is 0 Å². The van der Waals surface area contributed by atoms with Crippen molar-refractivity contribution < 1.29 is 48.9 Å². The van der Waals surface area contributed by atoms with Crippen molar-refractivity contribution in [1.29, 1.82) is 0 Å². The van der Waals surface area contributed by atoms with Crippen LogP contribution in [0.3, 0.4) is 0 Å². The minimum Gasteiger partial charge on any atom is -0.481 e. The first-order chi connectivity index (χ1) is 20.2. The molecule has 5 atom stereocenters. The molecule has 0 heterocycles. The van der Waals surface area contributed by atoms with Crippen LogP contribution < -0.4 is 16.0 Å². The van der Waals surface area contributed by atoms with Crippen LogP contribution in [0.25, 0.3) is 0 Å². The Balaban J connectivity index is 1.73. The molecule has 2 aliphatic rings. The number of ketones is 1. The molecule has 13 heteroatoms. The summed E-state index contributed by atoms with van der Waals surface area (Å²) in [5, 5.41) is 35.5. The van der Waals surface area contributed by atoms with Crippen molar-refractivity contribution in [2.75, 3.05) is 6.54 Å². The molecule has 2 fully saturated rings. The molecule has 13 nitrogen and oxygen atoms in total. The highest BCUT2D eigenvalue weighted by molar-refractivity contribution is 5.91. The lowest BCUT2D eigenvalue weighted by atomic mass is 9.63. The molecule has 0 spiro atoms. The number of carbonyl (C=O) groups excluding carboxylic acids is 4. The van der Waals surface area contributed by atoms with E-state index in [1.807, 2.05) is 6.92 Å². The first-order valence-electron chi connectivity index (χ1n) is 15.2. The molecule has 0 aromatic rings. The highest BCUT2D eigenvalue weighted by atomic mass is 16.4. The van der Waals surface area contributed by atoms with Crippen LogP contribution in [-0.2, 0) is 33.6 Å². The molecule has 0 aromatic heterocycles. The van der Waals surface area contributed by atoms with Crippen LogP contribution in [0, 0.1) is 35.5 Å². The lowest BCUT2D eigenvalue weighted by Crippen LogP contribution is -2.46. The van der Waals surface area contributed by atoms with E-state index >= 15 is 0 Å². The number of hydrogen-bond donors (Lipinski definition) is 6. The Labute approximate surface area is 251 Å². The predicted molar refractivity (Wildman–Crippen MR) is 154 cm³/mol. The molecule has 2 saturated carbocycles. The number of carboxylic acid groups (broad SMARTS) is 3. The zero-order chi connectivity index (χ0) is 32.3. The van der Waals surface area contributed by atoms with Gasteiger partial charge in [-0.3, -0.25) is 28.8 Å². The summed E-state index contributed by atoms with van der Waals surface area (Å²) < 4.78 is 0. The maximum absolute atomic E-state index is 12.8. The predicted octanol–water partition coefficient (Wildman–Crippen LogP) is 1.97. The topological polar surface area (TPSA) is 216 Å². The second-order valence-corrected chi connectivity index (χ2v) is 12.5. The van der Waals surface area contributed by atoms with Crippen molar-refractivity contribution in [1.82, 2.24) is 16.0 Å². The third-order valence-electron chi connectivity index (χ3n) is 8.95. The van der Waals surface area contributed by atoms with Gasteiger partial charge in [-0.2, -0.15) is 0 Å². The largest absolute Gasteiger partial charge is 0.481 e. The summed E-state index contributed by atoms with van der Waals surface area (Å²) >= 11 is 0. The number of nitrogens with one attached hydrogen (secondary N) is 3. The molecule has 2 rings (SSSR count). The molecule has 3 unspecified atom stereocenters. The van der Waals surface area contributed by atoms with E-state index < -0.39 is 47.7 Å². The normalized spacial score (nSPS) is 24.6. The summed E-state index contributed by atoms with van der Waals surface area (Å²) in [6.07, 6.45) is 2.90. The molecular weight excluding hydrogens is 562 g/mol. The monoisotopic (exact) mass is 609 g/mol. The number of hydrogen-bond acceptors (Lipinski definition) is 7. The van der Waals surface area contributed by atoms with Gasteiger partial charge in [0.2, 0.25) is 17.7 Å². The van der Waals surface area contributed by atoms with Crippen molar-refractivity contribution in [3.8, 4) is 0 Å². The maximum atomic E-state index is 12.8. The van der Waals surface area contributed by atoms with Crippen molar-refractivity contribution >= 4 is 41.4 Å². The summed E-state index contributed by atoms with van der Waals surface area (Å²) in [6, 6.07) is -2.28. The van der Waals surface area contributed by atoms with Gasteiger partial charge in [0.25, 0.3) is 0 Å². The third-order valence-corrected chi connectivity index (χ3v) is 8.95. The van der Waals surface area contributed by atoms with Gasteiger partial charge in [-0.1, -0.05) is 20.8 Å². The Morgan fingerprint density at radius 2 is 1.35 bits per heavy atom. The van der Waals surface area contributed by atoms with Crippen molar-refractivity contribution in [2.45, 2.75) is 103 Å². The van der Waals surface area contributed by atoms with Gasteiger partial charge < -0.3 is 31.3 Å². The van der Waals surface area contributed by atoms with Gasteiger partial charge in [-0.25, -0.2) is 4.79 Å². The molecule has 43 heavy (non-hydrogen) atoms. The molecule has 0 radical (unpaired) electrons. The smallest absolute Gasteiger partial charge is 0.326 e. The number of carbonyl (C=O) groups is 7. The summed E-state index contributed by atoms with van der Waals surface area (Å²) in [7, 11) is 0. The lowest BCUT2D eigenvalue weighted by molar-refractivity contribution is -0.143. The van der Waals surface area contributed by atoms with Crippen molar-refractivity contribution in [2.24, 2.45) is 35.5 Å². The zero-order valence-electron chi connectivity index (χ0n) is 25.3. The van der Waals surface area contributed by atoms with E-state index in [-0.39, 0.29) is 73.4 Å². The molecule has 0 aliphatic heterocycles. The van der Waals surface area contributed by atoms with Gasteiger partial charge in [-0.15, -0.1) is 0 Å². The van der Waals surface area contributed by atoms with Crippen molar-refractivity contribution in [3.05, 3.63) is 0 Å². The fraction of sp³-hybridized carbons (Fsp3) is 0.767. The Kier molecular flexibility index (Phi) is 14.1. The van der Waals surface area contributed by atoms with Crippen LogP contribution in [0.2, 0.25) is 0 Å². The van der Waals surface area contributed by atoms with Crippen LogP contribution in [0.15, 0.2) is 0 Å². The molecule has 6 N–H and O–H groups in total. The van der Waals surface area contributed by atoms with E-state index in [0.717, 1.165) is 6.42 Å². The van der Waals surface area contributed by atoms with E-state index in [1.165, 1.54) is 0 Å².